The molecule has 3 aromatic rings. The van der Waals surface area contributed by atoms with E-state index in [2.05, 4.69) is 20.4 Å². The van der Waals surface area contributed by atoms with E-state index in [9.17, 15) is 14.9 Å². The van der Waals surface area contributed by atoms with Crippen molar-refractivity contribution < 1.29 is 14.5 Å². The van der Waals surface area contributed by atoms with E-state index in [4.69, 9.17) is 16.3 Å². The molecule has 0 atom stereocenters. The van der Waals surface area contributed by atoms with Crippen LogP contribution in [-0.4, -0.2) is 47.3 Å². The largest absolute Gasteiger partial charge is 0.378 e. The molecule has 1 N–H and O–H groups in total. The van der Waals surface area contributed by atoms with Crippen LogP contribution in [0, 0.1) is 10.1 Å². The highest BCUT2D eigenvalue weighted by Crippen LogP contribution is 2.26. The van der Waals surface area contributed by atoms with Crippen LogP contribution in [0.4, 0.5) is 17.2 Å². The molecule has 2 heterocycles. The van der Waals surface area contributed by atoms with Crippen LogP contribution in [-0.2, 0) is 4.74 Å². The predicted octanol–water partition coefficient (Wildman–Crippen LogP) is 3.79. The molecule has 9 nitrogen and oxygen atoms in total. The molecule has 0 spiro atoms. The molecule has 0 bridgehead atoms. The minimum Gasteiger partial charge on any atom is -0.378 e. The van der Waals surface area contributed by atoms with Gasteiger partial charge in [0.15, 0.2) is 5.82 Å². The lowest BCUT2D eigenvalue weighted by Gasteiger charge is -2.27. The van der Waals surface area contributed by atoms with Crippen LogP contribution in [0.2, 0.25) is 5.02 Å². The van der Waals surface area contributed by atoms with Crippen molar-refractivity contribution in [1.29, 1.82) is 0 Å². The van der Waals surface area contributed by atoms with Crippen LogP contribution in [0.25, 0.3) is 11.3 Å². The molecule has 4 rings (SSSR count). The second-order valence-corrected chi connectivity index (χ2v) is 7.27. The number of rotatable bonds is 5. The lowest BCUT2D eigenvalue weighted by atomic mass is 10.1. The van der Waals surface area contributed by atoms with Gasteiger partial charge in [0.1, 0.15) is 5.56 Å². The van der Waals surface area contributed by atoms with E-state index in [1.807, 2.05) is 18.2 Å². The van der Waals surface area contributed by atoms with E-state index in [1.165, 1.54) is 18.2 Å². The number of ether oxygens (including phenoxy) is 1. The summed E-state index contributed by atoms with van der Waals surface area (Å²) in [6.07, 6.45) is 0. The summed E-state index contributed by atoms with van der Waals surface area (Å²) in [5, 5.41) is 22.7. The molecule has 0 radical (unpaired) electrons. The molecule has 31 heavy (non-hydrogen) atoms. The Morgan fingerprint density at radius 2 is 1.90 bits per heavy atom. The van der Waals surface area contributed by atoms with Gasteiger partial charge in [-0.05, 0) is 36.4 Å². The lowest BCUT2D eigenvalue weighted by molar-refractivity contribution is -0.385. The first-order chi connectivity index (χ1) is 15.0. The molecule has 2 aromatic carbocycles. The third-order valence-corrected chi connectivity index (χ3v) is 5.04. The number of halogens is 1. The molecular weight excluding hydrogens is 422 g/mol. The quantitative estimate of drug-likeness (QED) is 0.475. The van der Waals surface area contributed by atoms with E-state index in [0.717, 1.165) is 24.5 Å². The van der Waals surface area contributed by atoms with E-state index in [0.29, 0.717) is 24.6 Å². The van der Waals surface area contributed by atoms with Crippen molar-refractivity contribution >= 4 is 34.7 Å². The van der Waals surface area contributed by atoms with E-state index in [-0.39, 0.29) is 16.3 Å². The summed E-state index contributed by atoms with van der Waals surface area (Å²) in [6.45, 7) is 2.86. The first-order valence-corrected chi connectivity index (χ1v) is 9.91. The van der Waals surface area contributed by atoms with Gasteiger partial charge in [-0.25, -0.2) is 0 Å². The first kappa shape index (κ1) is 20.7. The average Bonchev–Trinajstić information content (AvgIpc) is 2.79. The van der Waals surface area contributed by atoms with Crippen LogP contribution in [0.3, 0.4) is 0 Å². The molecular formula is C21H18ClN5O4. The fraction of sp³-hybridized carbons (Fsp3) is 0.190. The molecule has 10 heteroatoms. The number of carbonyl (C=O) groups is 1. The zero-order valence-corrected chi connectivity index (χ0v) is 17.1. The number of nitro groups is 1. The highest BCUT2D eigenvalue weighted by atomic mass is 35.5. The molecule has 1 aliphatic heterocycles. The van der Waals surface area contributed by atoms with Gasteiger partial charge in [-0.2, -0.15) is 0 Å². The molecule has 1 amide bonds. The minimum absolute atomic E-state index is 0.113. The Labute approximate surface area is 182 Å². The van der Waals surface area contributed by atoms with E-state index >= 15 is 0 Å². The monoisotopic (exact) mass is 439 g/mol. The second kappa shape index (κ2) is 9.07. The molecule has 158 valence electrons. The van der Waals surface area contributed by atoms with Gasteiger partial charge in [0.05, 0.1) is 23.8 Å². The Balaban J connectivity index is 1.53. The van der Waals surface area contributed by atoms with E-state index < -0.39 is 10.8 Å². The SMILES string of the molecule is O=C(Nc1cccc(-c2ccc(N3CCOCC3)nn2)c1)c1cc(Cl)ccc1[N+](=O)[O-]. The molecule has 1 saturated heterocycles. The van der Waals surface area contributed by atoms with Gasteiger partial charge in [-0.1, -0.05) is 23.7 Å². The number of aromatic nitrogens is 2. The zero-order chi connectivity index (χ0) is 21.8. The Bertz CT molecular complexity index is 1120. The smallest absolute Gasteiger partial charge is 0.282 e. The van der Waals surface area contributed by atoms with Gasteiger partial charge >= 0.3 is 0 Å². The van der Waals surface area contributed by atoms with Crippen molar-refractivity contribution in [2.75, 3.05) is 36.5 Å². The van der Waals surface area contributed by atoms with Crippen LogP contribution >= 0.6 is 11.6 Å². The number of hydrogen-bond donors (Lipinski definition) is 1. The van der Waals surface area contributed by atoms with Crippen LogP contribution in [0.15, 0.2) is 54.6 Å². The number of hydrogen-bond acceptors (Lipinski definition) is 7. The standard InChI is InChI=1S/C21H18ClN5O4/c22-15-4-6-19(27(29)30)17(13-15)21(28)23-16-3-1-2-14(12-16)18-5-7-20(25-24-18)26-8-10-31-11-9-26/h1-7,12-13H,8-11H2,(H,23,28). The summed E-state index contributed by atoms with van der Waals surface area (Å²) in [5.74, 6) is 0.157. The van der Waals surface area contributed by atoms with Gasteiger partial charge in [-0.15, -0.1) is 10.2 Å². The topological polar surface area (TPSA) is 110 Å². The molecule has 1 fully saturated rings. The molecule has 1 aliphatic rings. The lowest BCUT2D eigenvalue weighted by Crippen LogP contribution is -2.36. The van der Waals surface area contributed by atoms with Crippen molar-refractivity contribution in [2.24, 2.45) is 0 Å². The number of nitrogens with zero attached hydrogens (tertiary/aromatic N) is 4. The van der Waals surface area contributed by atoms with Crippen LogP contribution < -0.4 is 10.2 Å². The highest BCUT2D eigenvalue weighted by Gasteiger charge is 2.21. The Kier molecular flexibility index (Phi) is 6.06. The third-order valence-electron chi connectivity index (χ3n) is 4.80. The molecule has 0 unspecified atom stereocenters. The highest BCUT2D eigenvalue weighted by molar-refractivity contribution is 6.31. The molecule has 1 aromatic heterocycles. The van der Waals surface area contributed by atoms with Gasteiger partial charge in [0, 0.05) is 35.4 Å². The van der Waals surface area contributed by atoms with Crippen molar-refractivity contribution in [3.8, 4) is 11.3 Å². The normalized spacial score (nSPS) is 13.6. The number of amides is 1. The summed E-state index contributed by atoms with van der Waals surface area (Å²) >= 11 is 5.91. The fourth-order valence-electron chi connectivity index (χ4n) is 3.24. The average molecular weight is 440 g/mol. The van der Waals surface area contributed by atoms with Gasteiger partial charge < -0.3 is 15.0 Å². The van der Waals surface area contributed by atoms with Gasteiger partial charge in [0.2, 0.25) is 0 Å². The fourth-order valence-corrected chi connectivity index (χ4v) is 3.42. The van der Waals surface area contributed by atoms with Gasteiger partial charge in [0.25, 0.3) is 11.6 Å². The predicted molar refractivity (Wildman–Crippen MR) is 117 cm³/mol. The number of nitro benzene ring substituents is 1. The number of carbonyl (C=O) groups excluding carboxylic acids is 1. The van der Waals surface area contributed by atoms with E-state index in [1.54, 1.807) is 18.2 Å². The van der Waals surface area contributed by atoms with Crippen LogP contribution in [0.5, 0.6) is 0 Å². The maximum Gasteiger partial charge on any atom is 0.282 e. The zero-order valence-electron chi connectivity index (χ0n) is 16.3. The number of anilines is 2. The van der Waals surface area contributed by atoms with Crippen molar-refractivity contribution in [3.05, 3.63) is 75.3 Å². The summed E-state index contributed by atoms with van der Waals surface area (Å²) in [5.41, 5.74) is 1.43. The van der Waals surface area contributed by atoms with Crippen molar-refractivity contribution in [1.82, 2.24) is 10.2 Å². The first-order valence-electron chi connectivity index (χ1n) is 9.53. The number of nitrogens with one attached hydrogen (secondary N) is 1. The minimum atomic E-state index is -0.625. The van der Waals surface area contributed by atoms with Crippen molar-refractivity contribution in [3.63, 3.8) is 0 Å². The van der Waals surface area contributed by atoms with Gasteiger partial charge in [-0.3, -0.25) is 14.9 Å². The third kappa shape index (κ3) is 4.79. The Morgan fingerprint density at radius 1 is 1.10 bits per heavy atom. The molecule has 0 saturated carbocycles. The summed E-state index contributed by atoms with van der Waals surface area (Å²) in [7, 11) is 0. The van der Waals surface area contributed by atoms with Crippen LogP contribution in [0.1, 0.15) is 10.4 Å². The Morgan fingerprint density at radius 3 is 2.61 bits per heavy atom. The molecule has 0 aliphatic carbocycles. The summed E-state index contributed by atoms with van der Waals surface area (Å²) < 4.78 is 5.35. The second-order valence-electron chi connectivity index (χ2n) is 6.83. The number of benzene rings is 2. The Hall–Kier alpha value is -3.56. The maximum atomic E-state index is 12.6. The summed E-state index contributed by atoms with van der Waals surface area (Å²) in [4.78, 5) is 25.4. The van der Waals surface area contributed by atoms with Crippen molar-refractivity contribution in [2.45, 2.75) is 0 Å². The summed E-state index contributed by atoms with van der Waals surface area (Å²) in [6, 6.07) is 14.6. The number of morpholine rings is 1. The maximum absolute atomic E-state index is 12.6.